The lowest BCUT2D eigenvalue weighted by Crippen LogP contribution is -2.41. The zero-order valence-corrected chi connectivity index (χ0v) is 11.5. The topological polar surface area (TPSA) is 72.6 Å². The van der Waals surface area contributed by atoms with E-state index in [1.807, 2.05) is 0 Å². The van der Waals surface area contributed by atoms with E-state index in [4.69, 9.17) is 5.73 Å². The lowest BCUT2D eigenvalue weighted by molar-refractivity contribution is -0.146. The van der Waals surface area contributed by atoms with Crippen LogP contribution in [0.15, 0.2) is 0 Å². The van der Waals surface area contributed by atoms with Crippen molar-refractivity contribution in [1.29, 1.82) is 0 Å². The van der Waals surface area contributed by atoms with Gasteiger partial charge in [-0.05, 0) is 19.3 Å². The van der Waals surface area contributed by atoms with E-state index in [2.05, 4.69) is 4.74 Å². The molecule has 0 bridgehead atoms. The summed E-state index contributed by atoms with van der Waals surface area (Å²) < 4.78 is 4.66. The highest BCUT2D eigenvalue weighted by atomic mass is 16.5. The molecule has 0 spiro atoms. The Bertz CT molecular complexity index is 307. The van der Waals surface area contributed by atoms with Crippen molar-refractivity contribution in [2.75, 3.05) is 20.7 Å². The van der Waals surface area contributed by atoms with E-state index in [-0.39, 0.29) is 29.8 Å². The molecule has 0 aromatic heterocycles. The van der Waals surface area contributed by atoms with Crippen LogP contribution in [0.5, 0.6) is 0 Å². The second-order valence-electron chi connectivity index (χ2n) is 5.27. The Morgan fingerprint density at radius 2 is 2.11 bits per heavy atom. The highest BCUT2D eigenvalue weighted by molar-refractivity contribution is 5.80. The van der Waals surface area contributed by atoms with Gasteiger partial charge in [-0.3, -0.25) is 9.59 Å². The van der Waals surface area contributed by atoms with Crippen LogP contribution in [-0.4, -0.2) is 43.5 Å². The van der Waals surface area contributed by atoms with Crippen molar-refractivity contribution in [3.05, 3.63) is 0 Å². The van der Waals surface area contributed by atoms with Gasteiger partial charge in [-0.1, -0.05) is 13.3 Å². The van der Waals surface area contributed by atoms with Crippen molar-refractivity contribution < 1.29 is 14.3 Å². The minimum Gasteiger partial charge on any atom is -0.469 e. The minimum atomic E-state index is -0.291. The van der Waals surface area contributed by atoms with Crippen LogP contribution >= 0.6 is 0 Å². The third-order valence-corrected chi connectivity index (χ3v) is 3.59. The van der Waals surface area contributed by atoms with Crippen LogP contribution in [0.2, 0.25) is 0 Å². The molecular weight excluding hydrogens is 232 g/mol. The Labute approximate surface area is 109 Å². The quantitative estimate of drug-likeness (QED) is 0.754. The van der Waals surface area contributed by atoms with Gasteiger partial charge < -0.3 is 15.4 Å². The molecule has 0 aromatic carbocycles. The molecule has 5 heteroatoms. The van der Waals surface area contributed by atoms with Crippen molar-refractivity contribution in [3.8, 4) is 0 Å². The van der Waals surface area contributed by atoms with Gasteiger partial charge in [0.2, 0.25) is 5.91 Å². The molecule has 1 saturated carbocycles. The van der Waals surface area contributed by atoms with Gasteiger partial charge in [0.25, 0.3) is 0 Å². The molecule has 5 nitrogen and oxygen atoms in total. The SMILES string of the molecule is COC(=O)C(C)CN(C)C(=O)C1CCCC(N)C1. The zero-order chi connectivity index (χ0) is 13.7. The third-order valence-electron chi connectivity index (χ3n) is 3.59. The summed E-state index contributed by atoms with van der Waals surface area (Å²) in [5.74, 6) is -0.458. The standard InChI is InChI=1S/C13H24N2O3/c1-9(13(17)18-3)8-15(2)12(16)10-5-4-6-11(14)7-10/h9-11H,4-8,14H2,1-3H3. The van der Waals surface area contributed by atoms with Crippen LogP contribution in [0.25, 0.3) is 0 Å². The van der Waals surface area contributed by atoms with Gasteiger partial charge in [0.1, 0.15) is 0 Å². The first-order chi connectivity index (χ1) is 8.45. The molecule has 1 fully saturated rings. The summed E-state index contributed by atoms with van der Waals surface area (Å²) >= 11 is 0. The molecule has 18 heavy (non-hydrogen) atoms. The number of methoxy groups -OCH3 is 1. The van der Waals surface area contributed by atoms with Crippen LogP contribution < -0.4 is 5.73 Å². The summed E-state index contributed by atoms with van der Waals surface area (Å²) in [5.41, 5.74) is 5.89. The molecule has 0 radical (unpaired) electrons. The molecule has 0 saturated heterocycles. The number of rotatable bonds is 4. The van der Waals surface area contributed by atoms with Crippen molar-refractivity contribution in [2.24, 2.45) is 17.6 Å². The smallest absolute Gasteiger partial charge is 0.310 e. The number of ether oxygens (including phenoxy) is 1. The molecule has 0 aromatic rings. The molecule has 3 atom stereocenters. The average Bonchev–Trinajstić information content (AvgIpc) is 2.36. The molecule has 3 unspecified atom stereocenters. The first-order valence-electron chi connectivity index (χ1n) is 6.54. The van der Waals surface area contributed by atoms with Gasteiger partial charge in [-0.25, -0.2) is 0 Å². The first-order valence-corrected chi connectivity index (χ1v) is 6.54. The van der Waals surface area contributed by atoms with E-state index in [1.165, 1.54) is 7.11 Å². The lowest BCUT2D eigenvalue weighted by atomic mass is 9.85. The van der Waals surface area contributed by atoms with Crippen LogP contribution in [0.3, 0.4) is 0 Å². The molecule has 1 amide bonds. The van der Waals surface area contributed by atoms with Crippen LogP contribution in [0, 0.1) is 11.8 Å². The zero-order valence-electron chi connectivity index (χ0n) is 11.5. The fraction of sp³-hybridized carbons (Fsp3) is 0.846. The number of amides is 1. The van der Waals surface area contributed by atoms with Gasteiger partial charge in [-0.15, -0.1) is 0 Å². The van der Waals surface area contributed by atoms with E-state index in [1.54, 1.807) is 18.9 Å². The van der Waals surface area contributed by atoms with E-state index in [0.29, 0.717) is 6.54 Å². The predicted molar refractivity (Wildman–Crippen MR) is 68.8 cm³/mol. The van der Waals surface area contributed by atoms with Crippen LogP contribution in [0.1, 0.15) is 32.6 Å². The van der Waals surface area contributed by atoms with Crippen LogP contribution in [-0.2, 0) is 14.3 Å². The lowest BCUT2D eigenvalue weighted by Gasteiger charge is -2.30. The van der Waals surface area contributed by atoms with Gasteiger partial charge >= 0.3 is 5.97 Å². The van der Waals surface area contributed by atoms with Gasteiger partial charge in [0.05, 0.1) is 13.0 Å². The van der Waals surface area contributed by atoms with E-state index in [0.717, 1.165) is 25.7 Å². The van der Waals surface area contributed by atoms with E-state index in [9.17, 15) is 9.59 Å². The average molecular weight is 256 g/mol. The van der Waals surface area contributed by atoms with E-state index < -0.39 is 0 Å². The Kier molecular flexibility index (Phi) is 5.59. The van der Waals surface area contributed by atoms with Crippen molar-refractivity contribution >= 4 is 11.9 Å². The second-order valence-corrected chi connectivity index (χ2v) is 5.27. The van der Waals surface area contributed by atoms with Gasteiger partial charge in [0, 0.05) is 25.6 Å². The number of nitrogens with two attached hydrogens (primary N) is 1. The fourth-order valence-corrected chi connectivity index (χ4v) is 2.54. The summed E-state index contributed by atoms with van der Waals surface area (Å²) in [6.07, 6.45) is 3.68. The molecule has 1 aliphatic carbocycles. The first kappa shape index (κ1) is 15.0. The van der Waals surface area contributed by atoms with Gasteiger partial charge in [0.15, 0.2) is 0 Å². The number of hydrogen-bond donors (Lipinski definition) is 1. The van der Waals surface area contributed by atoms with Crippen molar-refractivity contribution in [2.45, 2.75) is 38.6 Å². The molecule has 0 heterocycles. The molecule has 0 aliphatic heterocycles. The highest BCUT2D eigenvalue weighted by Gasteiger charge is 2.28. The third kappa shape index (κ3) is 3.98. The van der Waals surface area contributed by atoms with Crippen molar-refractivity contribution in [3.63, 3.8) is 0 Å². The molecule has 1 rings (SSSR count). The maximum Gasteiger partial charge on any atom is 0.310 e. The second kappa shape index (κ2) is 6.73. The molecule has 1 aliphatic rings. The normalized spacial score (nSPS) is 25.3. The highest BCUT2D eigenvalue weighted by Crippen LogP contribution is 2.24. The maximum absolute atomic E-state index is 12.2. The Morgan fingerprint density at radius 3 is 2.67 bits per heavy atom. The maximum atomic E-state index is 12.2. The Morgan fingerprint density at radius 1 is 1.44 bits per heavy atom. The fourth-order valence-electron chi connectivity index (χ4n) is 2.54. The Hall–Kier alpha value is -1.10. The molecule has 104 valence electrons. The predicted octanol–water partition coefficient (Wildman–Crippen LogP) is 0.771. The summed E-state index contributed by atoms with van der Waals surface area (Å²) in [5, 5.41) is 0. The molecule has 2 N–H and O–H groups in total. The summed E-state index contributed by atoms with van der Waals surface area (Å²) in [6.45, 7) is 2.17. The number of hydrogen-bond acceptors (Lipinski definition) is 4. The Balaban J connectivity index is 2.47. The summed E-state index contributed by atoms with van der Waals surface area (Å²) in [6, 6.07) is 0.138. The number of esters is 1. The number of carbonyl (C=O) groups is 2. The summed E-state index contributed by atoms with van der Waals surface area (Å²) in [7, 11) is 3.10. The minimum absolute atomic E-state index is 0.0172. The van der Waals surface area contributed by atoms with E-state index >= 15 is 0 Å². The molecular formula is C13H24N2O3. The van der Waals surface area contributed by atoms with Gasteiger partial charge in [-0.2, -0.15) is 0 Å². The van der Waals surface area contributed by atoms with Crippen molar-refractivity contribution in [1.82, 2.24) is 4.90 Å². The monoisotopic (exact) mass is 256 g/mol. The summed E-state index contributed by atoms with van der Waals surface area (Å²) in [4.78, 5) is 25.2. The number of nitrogens with zero attached hydrogens (tertiary/aromatic N) is 1. The van der Waals surface area contributed by atoms with Crippen LogP contribution in [0.4, 0.5) is 0 Å². The largest absolute Gasteiger partial charge is 0.469 e. The number of carbonyl (C=O) groups excluding carboxylic acids is 2.